The minimum atomic E-state index is 0.0480. The van der Waals surface area contributed by atoms with E-state index >= 15 is 0 Å². The molecule has 0 spiro atoms. The molecule has 4 rings (SSSR count). The molecule has 1 saturated heterocycles. The standard InChI is InChI=1S/C19H24N6O/c1-3-25-17(26)9-8-13(18(25)14-11-21-24(2)12-14)10-20-19-22-15-6-4-5-7-16(15)23-19/h4-7,11-13,18H,3,8-10H2,1-2H3,(H2,20,22,23)/t13-,18+/m1/s1. The van der Waals surface area contributed by atoms with Gasteiger partial charge in [0, 0.05) is 44.2 Å². The highest BCUT2D eigenvalue weighted by Crippen LogP contribution is 2.36. The van der Waals surface area contributed by atoms with Crippen molar-refractivity contribution in [2.45, 2.75) is 25.8 Å². The molecule has 2 aromatic heterocycles. The predicted molar refractivity (Wildman–Crippen MR) is 101 cm³/mol. The Bertz CT molecular complexity index is 881. The number of carbonyl (C=O) groups excluding carboxylic acids is 1. The molecule has 1 aromatic carbocycles. The van der Waals surface area contributed by atoms with E-state index in [1.165, 1.54) is 0 Å². The van der Waals surface area contributed by atoms with Gasteiger partial charge in [-0.25, -0.2) is 4.98 Å². The minimum absolute atomic E-state index is 0.0480. The Labute approximate surface area is 152 Å². The van der Waals surface area contributed by atoms with Gasteiger partial charge in [0.05, 0.1) is 23.3 Å². The number of piperidine rings is 1. The molecule has 3 aromatic rings. The summed E-state index contributed by atoms with van der Waals surface area (Å²) < 4.78 is 1.80. The number of hydrogen-bond donors (Lipinski definition) is 2. The first-order valence-electron chi connectivity index (χ1n) is 9.12. The van der Waals surface area contributed by atoms with Crippen molar-refractivity contribution in [3.8, 4) is 0 Å². The van der Waals surface area contributed by atoms with Crippen LogP contribution in [0.15, 0.2) is 36.7 Å². The molecule has 2 N–H and O–H groups in total. The molecular formula is C19H24N6O. The summed E-state index contributed by atoms with van der Waals surface area (Å²) in [4.78, 5) is 22.3. The number of para-hydroxylation sites is 2. The van der Waals surface area contributed by atoms with Crippen LogP contribution in [-0.4, -0.2) is 43.6 Å². The third-order valence-electron chi connectivity index (χ3n) is 5.16. The number of likely N-dealkylation sites (tertiary alicyclic amines) is 1. The number of anilines is 1. The van der Waals surface area contributed by atoms with Gasteiger partial charge in [0.2, 0.25) is 11.9 Å². The van der Waals surface area contributed by atoms with Crippen molar-refractivity contribution in [3.05, 3.63) is 42.2 Å². The first kappa shape index (κ1) is 16.6. The number of fused-ring (bicyclic) bond motifs is 1. The average Bonchev–Trinajstić information content (AvgIpc) is 3.25. The molecule has 1 fully saturated rings. The summed E-state index contributed by atoms with van der Waals surface area (Å²) in [5, 5.41) is 7.74. The van der Waals surface area contributed by atoms with Crippen molar-refractivity contribution in [1.29, 1.82) is 0 Å². The Balaban J connectivity index is 1.55. The molecule has 1 amide bonds. The number of H-pyrrole nitrogens is 1. The number of nitrogens with one attached hydrogen (secondary N) is 2. The van der Waals surface area contributed by atoms with Crippen molar-refractivity contribution in [2.24, 2.45) is 13.0 Å². The highest BCUT2D eigenvalue weighted by Gasteiger charge is 2.36. The van der Waals surface area contributed by atoms with Crippen LogP contribution >= 0.6 is 0 Å². The van der Waals surface area contributed by atoms with Crippen LogP contribution in [0.2, 0.25) is 0 Å². The van der Waals surface area contributed by atoms with Crippen LogP contribution in [0.5, 0.6) is 0 Å². The molecule has 3 heterocycles. The Hall–Kier alpha value is -2.83. The molecule has 0 unspecified atom stereocenters. The molecule has 1 aliphatic heterocycles. The van der Waals surface area contributed by atoms with Crippen LogP contribution in [0.3, 0.4) is 0 Å². The van der Waals surface area contributed by atoms with E-state index in [1.54, 1.807) is 4.68 Å². The lowest BCUT2D eigenvalue weighted by Crippen LogP contribution is -2.44. The van der Waals surface area contributed by atoms with E-state index in [1.807, 2.05) is 55.5 Å². The molecule has 0 aliphatic carbocycles. The largest absolute Gasteiger partial charge is 0.355 e. The second-order valence-corrected chi connectivity index (χ2v) is 6.85. The first-order valence-corrected chi connectivity index (χ1v) is 9.12. The van der Waals surface area contributed by atoms with Crippen molar-refractivity contribution < 1.29 is 4.79 Å². The van der Waals surface area contributed by atoms with Gasteiger partial charge in [-0.2, -0.15) is 5.10 Å². The van der Waals surface area contributed by atoms with Crippen LogP contribution in [0.1, 0.15) is 31.4 Å². The predicted octanol–water partition coefficient (Wildman–Crippen LogP) is 2.71. The lowest BCUT2D eigenvalue weighted by atomic mass is 9.85. The van der Waals surface area contributed by atoms with Crippen molar-refractivity contribution in [3.63, 3.8) is 0 Å². The average molecular weight is 352 g/mol. The summed E-state index contributed by atoms with van der Waals surface area (Å²) in [7, 11) is 1.91. The molecule has 0 bridgehead atoms. The maximum atomic E-state index is 12.4. The van der Waals surface area contributed by atoms with Crippen LogP contribution in [0.4, 0.5) is 5.95 Å². The maximum Gasteiger partial charge on any atom is 0.223 e. The Kier molecular flexibility index (Phi) is 4.36. The van der Waals surface area contributed by atoms with Crippen molar-refractivity contribution >= 4 is 22.9 Å². The fraction of sp³-hybridized carbons (Fsp3) is 0.421. The number of imidazole rings is 1. The minimum Gasteiger partial charge on any atom is -0.355 e. The van der Waals surface area contributed by atoms with Gasteiger partial charge < -0.3 is 15.2 Å². The molecule has 136 valence electrons. The van der Waals surface area contributed by atoms with Crippen LogP contribution in [0, 0.1) is 5.92 Å². The smallest absolute Gasteiger partial charge is 0.223 e. The highest BCUT2D eigenvalue weighted by molar-refractivity contribution is 5.78. The fourth-order valence-electron chi connectivity index (χ4n) is 3.92. The second kappa shape index (κ2) is 6.82. The third kappa shape index (κ3) is 3.05. The zero-order valence-corrected chi connectivity index (χ0v) is 15.1. The lowest BCUT2D eigenvalue weighted by molar-refractivity contribution is -0.138. The topological polar surface area (TPSA) is 78.8 Å². The molecule has 26 heavy (non-hydrogen) atoms. The highest BCUT2D eigenvalue weighted by atomic mass is 16.2. The van der Waals surface area contributed by atoms with E-state index in [9.17, 15) is 4.79 Å². The first-order chi connectivity index (χ1) is 12.7. The van der Waals surface area contributed by atoms with E-state index in [0.29, 0.717) is 18.9 Å². The van der Waals surface area contributed by atoms with E-state index < -0.39 is 0 Å². The van der Waals surface area contributed by atoms with Gasteiger partial charge in [-0.15, -0.1) is 0 Å². The number of amides is 1. The number of aromatic nitrogens is 4. The lowest BCUT2D eigenvalue weighted by Gasteiger charge is -2.40. The number of hydrogen-bond acceptors (Lipinski definition) is 4. The van der Waals surface area contributed by atoms with Gasteiger partial charge in [-0.1, -0.05) is 12.1 Å². The summed E-state index contributed by atoms with van der Waals surface area (Å²) in [5.41, 5.74) is 3.07. The Morgan fingerprint density at radius 3 is 2.92 bits per heavy atom. The molecule has 7 nitrogen and oxygen atoms in total. The van der Waals surface area contributed by atoms with Gasteiger partial charge in [0.25, 0.3) is 0 Å². The summed E-state index contributed by atoms with van der Waals surface area (Å²) >= 11 is 0. The SMILES string of the molecule is CCN1C(=O)CC[C@H](CNc2nc3ccccc3[nH]2)[C@H]1c1cnn(C)c1. The molecule has 1 aliphatic rings. The quantitative estimate of drug-likeness (QED) is 0.740. The van der Waals surface area contributed by atoms with Gasteiger partial charge in [-0.3, -0.25) is 9.48 Å². The summed E-state index contributed by atoms with van der Waals surface area (Å²) in [6.45, 7) is 3.50. The number of aryl methyl sites for hydroxylation is 1. The van der Waals surface area contributed by atoms with Gasteiger partial charge in [0.1, 0.15) is 0 Å². The fourth-order valence-corrected chi connectivity index (χ4v) is 3.92. The number of rotatable bonds is 5. The van der Waals surface area contributed by atoms with Gasteiger partial charge >= 0.3 is 0 Å². The van der Waals surface area contributed by atoms with E-state index in [-0.39, 0.29) is 11.9 Å². The maximum absolute atomic E-state index is 12.4. The third-order valence-corrected chi connectivity index (χ3v) is 5.16. The number of benzene rings is 1. The zero-order valence-electron chi connectivity index (χ0n) is 15.1. The number of carbonyl (C=O) groups is 1. The van der Waals surface area contributed by atoms with E-state index in [4.69, 9.17) is 0 Å². The summed E-state index contributed by atoms with van der Waals surface area (Å²) in [6.07, 6.45) is 5.35. The second-order valence-electron chi connectivity index (χ2n) is 6.85. The number of aromatic amines is 1. The summed E-state index contributed by atoms with van der Waals surface area (Å²) in [6, 6.07) is 8.04. The van der Waals surface area contributed by atoms with Crippen molar-refractivity contribution in [1.82, 2.24) is 24.6 Å². The zero-order chi connectivity index (χ0) is 18.1. The van der Waals surface area contributed by atoms with Crippen LogP contribution < -0.4 is 5.32 Å². The van der Waals surface area contributed by atoms with Gasteiger partial charge in [0.15, 0.2) is 0 Å². The molecule has 7 heteroatoms. The molecule has 0 saturated carbocycles. The van der Waals surface area contributed by atoms with E-state index in [0.717, 1.165) is 35.5 Å². The van der Waals surface area contributed by atoms with Gasteiger partial charge in [-0.05, 0) is 25.5 Å². The van der Waals surface area contributed by atoms with Crippen LogP contribution in [0.25, 0.3) is 11.0 Å². The molecule has 0 radical (unpaired) electrons. The van der Waals surface area contributed by atoms with Crippen LogP contribution in [-0.2, 0) is 11.8 Å². The summed E-state index contributed by atoms with van der Waals surface area (Å²) in [5.74, 6) is 1.31. The number of nitrogens with zero attached hydrogens (tertiary/aromatic N) is 4. The monoisotopic (exact) mass is 352 g/mol. The van der Waals surface area contributed by atoms with Crippen molar-refractivity contribution in [2.75, 3.05) is 18.4 Å². The normalized spacial score (nSPS) is 20.7. The Morgan fingerprint density at radius 1 is 1.35 bits per heavy atom. The Morgan fingerprint density at radius 2 is 2.19 bits per heavy atom. The molecule has 2 atom stereocenters. The molecular weight excluding hydrogens is 328 g/mol. The van der Waals surface area contributed by atoms with E-state index in [2.05, 4.69) is 20.4 Å².